The van der Waals surface area contributed by atoms with Crippen molar-refractivity contribution in [2.45, 2.75) is 26.7 Å². The molecule has 2 nitrogen and oxygen atoms in total. The van der Waals surface area contributed by atoms with Gasteiger partial charge in [0, 0.05) is 17.8 Å². The molecule has 0 saturated carbocycles. The number of carbonyl (C=O) groups is 2. The first-order valence-corrected chi connectivity index (χ1v) is 5.01. The van der Waals surface area contributed by atoms with Crippen LogP contribution in [0.15, 0.2) is 23.8 Å². The van der Waals surface area contributed by atoms with Gasteiger partial charge >= 0.3 is 0 Å². The number of fused-ring (bicyclic) bond motifs is 1. The summed E-state index contributed by atoms with van der Waals surface area (Å²) >= 11 is 0. The molecule has 14 heavy (non-hydrogen) atoms. The van der Waals surface area contributed by atoms with Crippen molar-refractivity contribution in [3.8, 4) is 0 Å². The number of allylic oxidation sites excluding steroid dienone is 4. The van der Waals surface area contributed by atoms with E-state index >= 15 is 0 Å². The lowest BCUT2D eigenvalue weighted by Gasteiger charge is -2.40. The molecule has 74 valence electrons. The highest BCUT2D eigenvalue weighted by Crippen LogP contribution is 2.45. The molecule has 0 bridgehead atoms. The molecule has 0 saturated heterocycles. The van der Waals surface area contributed by atoms with Crippen LogP contribution in [0.5, 0.6) is 0 Å². The number of carbonyl (C=O) groups excluding carboxylic acids is 2. The molecule has 0 amide bonds. The summed E-state index contributed by atoms with van der Waals surface area (Å²) in [6.45, 7) is 4.03. The van der Waals surface area contributed by atoms with Crippen LogP contribution in [-0.4, -0.2) is 11.6 Å². The lowest BCUT2D eigenvalue weighted by molar-refractivity contribution is -0.123. The van der Waals surface area contributed by atoms with Crippen LogP contribution in [0.25, 0.3) is 0 Å². The first-order valence-electron chi connectivity index (χ1n) is 5.01. The molecule has 0 N–H and O–H groups in total. The van der Waals surface area contributed by atoms with Crippen molar-refractivity contribution in [2.24, 2.45) is 11.3 Å². The van der Waals surface area contributed by atoms with Crippen LogP contribution in [0.1, 0.15) is 26.7 Å². The van der Waals surface area contributed by atoms with Crippen molar-refractivity contribution < 1.29 is 9.59 Å². The predicted molar refractivity (Wildman–Crippen MR) is 53.7 cm³/mol. The van der Waals surface area contributed by atoms with Crippen molar-refractivity contribution in [3.63, 3.8) is 0 Å². The fraction of sp³-hybridized carbons (Fsp3) is 0.500. The molecule has 0 aliphatic heterocycles. The van der Waals surface area contributed by atoms with Crippen LogP contribution in [0.3, 0.4) is 0 Å². The van der Waals surface area contributed by atoms with E-state index in [-0.39, 0.29) is 22.9 Å². The van der Waals surface area contributed by atoms with Gasteiger partial charge in [-0.3, -0.25) is 9.59 Å². The van der Waals surface area contributed by atoms with Gasteiger partial charge in [-0.2, -0.15) is 0 Å². The second kappa shape index (κ2) is 2.91. The molecule has 2 aliphatic rings. The van der Waals surface area contributed by atoms with Crippen LogP contribution in [-0.2, 0) is 9.59 Å². The molecule has 0 fully saturated rings. The maximum atomic E-state index is 11.5. The molecule has 0 radical (unpaired) electrons. The Balaban J connectivity index is 2.50. The third-order valence-corrected chi connectivity index (χ3v) is 3.68. The zero-order valence-electron chi connectivity index (χ0n) is 8.54. The first-order chi connectivity index (χ1) is 6.54. The summed E-state index contributed by atoms with van der Waals surface area (Å²) in [6.07, 6.45) is 6.47. The van der Waals surface area contributed by atoms with Crippen molar-refractivity contribution in [1.29, 1.82) is 0 Å². The highest BCUT2D eigenvalue weighted by molar-refractivity contribution is 5.98. The third kappa shape index (κ3) is 1.17. The Morgan fingerprint density at radius 3 is 2.79 bits per heavy atom. The first kappa shape index (κ1) is 9.38. The highest BCUT2D eigenvalue weighted by Gasteiger charge is 2.41. The van der Waals surface area contributed by atoms with Crippen LogP contribution in [0.4, 0.5) is 0 Å². The summed E-state index contributed by atoms with van der Waals surface area (Å²) in [7, 11) is 0. The van der Waals surface area contributed by atoms with Gasteiger partial charge in [-0.25, -0.2) is 0 Å². The number of hydrogen-bond acceptors (Lipinski definition) is 2. The van der Waals surface area contributed by atoms with Gasteiger partial charge in [0.2, 0.25) is 0 Å². The third-order valence-electron chi connectivity index (χ3n) is 3.68. The van der Waals surface area contributed by atoms with E-state index in [4.69, 9.17) is 0 Å². The van der Waals surface area contributed by atoms with E-state index in [2.05, 4.69) is 6.92 Å². The topological polar surface area (TPSA) is 34.1 Å². The summed E-state index contributed by atoms with van der Waals surface area (Å²) in [5.41, 5.74) is 0.917. The maximum Gasteiger partial charge on any atom is 0.159 e. The lowest BCUT2D eigenvalue weighted by atomic mass is 9.62. The van der Waals surface area contributed by atoms with Crippen LogP contribution in [0, 0.1) is 11.3 Å². The molecule has 2 heteroatoms. The SMILES string of the molecule is C[C@H]1C(=O)C=CC2=CC(=O)CC[C@@]21C. The van der Waals surface area contributed by atoms with E-state index in [0.717, 1.165) is 12.0 Å². The van der Waals surface area contributed by atoms with Gasteiger partial charge in [-0.1, -0.05) is 19.9 Å². The molecule has 2 atom stereocenters. The molecule has 0 aromatic carbocycles. The molecule has 0 spiro atoms. The van der Waals surface area contributed by atoms with Gasteiger partial charge < -0.3 is 0 Å². The minimum Gasteiger partial charge on any atom is -0.295 e. The van der Waals surface area contributed by atoms with Crippen LogP contribution in [0.2, 0.25) is 0 Å². The van der Waals surface area contributed by atoms with E-state index < -0.39 is 0 Å². The zero-order valence-corrected chi connectivity index (χ0v) is 8.54. The van der Waals surface area contributed by atoms with Crippen LogP contribution >= 0.6 is 0 Å². The standard InChI is InChI=1S/C12H14O2/c1-8-11(14)4-3-9-7-10(13)5-6-12(8,9)2/h3-4,7-8H,5-6H2,1-2H3/t8-,12+/m0/s1. The van der Waals surface area contributed by atoms with Crippen LogP contribution < -0.4 is 0 Å². The molecular weight excluding hydrogens is 176 g/mol. The normalized spacial score (nSPS) is 36.7. The summed E-state index contributed by atoms with van der Waals surface area (Å²) in [5, 5.41) is 0. The van der Waals surface area contributed by atoms with E-state index in [1.54, 1.807) is 18.2 Å². The average molecular weight is 190 g/mol. The van der Waals surface area contributed by atoms with Gasteiger partial charge in [0.05, 0.1) is 0 Å². The van der Waals surface area contributed by atoms with Gasteiger partial charge in [-0.05, 0) is 24.1 Å². The molecule has 0 aromatic heterocycles. The van der Waals surface area contributed by atoms with E-state index in [9.17, 15) is 9.59 Å². The fourth-order valence-electron chi connectivity index (χ4n) is 2.27. The van der Waals surface area contributed by atoms with E-state index in [0.29, 0.717) is 6.42 Å². The number of rotatable bonds is 0. The second-order valence-electron chi connectivity index (χ2n) is 4.44. The summed E-state index contributed by atoms with van der Waals surface area (Å²) < 4.78 is 0. The van der Waals surface area contributed by atoms with Crippen molar-refractivity contribution in [3.05, 3.63) is 23.8 Å². The van der Waals surface area contributed by atoms with Gasteiger partial charge in [0.1, 0.15) is 0 Å². The molecule has 0 aromatic rings. The maximum absolute atomic E-state index is 11.5. The summed E-state index contributed by atoms with van der Waals surface area (Å²) in [5.74, 6) is 0.370. The summed E-state index contributed by atoms with van der Waals surface area (Å²) in [4.78, 5) is 22.8. The number of ketones is 2. The second-order valence-corrected chi connectivity index (χ2v) is 4.44. The van der Waals surface area contributed by atoms with Gasteiger partial charge in [0.15, 0.2) is 11.6 Å². The highest BCUT2D eigenvalue weighted by atomic mass is 16.1. The lowest BCUT2D eigenvalue weighted by Crippen LogP contribution is -2.37. The Hall–Kier alpha value is -1.18. The van der Waals surface area contributed by atoms with E-state index in [1.165, 1.54) is 0 Å². The Morgan fingerprint density at radius 1 is 1.36 bits per heavy atom. The average Bonchev–Trinajstić information content (AvgIpc) is 2.16. The Kier molecular flexibility index (Phi) is 1.95. The molecule has 0 unspecified atom stereocenters. The number of hydrogen-bond donors (Lipinski definition) is 0. The quantitative estimate of drug-likeness (QED) is 0.586. The smallest absolute Gasteiger partial charge is 0.159 e. The monoisotopic (exact) mass is 190 g/mol. The predicted octanol–water partition coefficient (Wildman–Crippen LogP) is 2.06. The molecular formula is C12H14O2. The molecule has 0 heterocycles. The van der Waals surface area contributed by atoms with E-state index in [1.807, 2.05) is 6.92 Å². The van der Waals surface area contributed by atoms with Gasteiger partial charge in [0.25, 0.3) is 0 Å². The fourth-order valence-corrected chi connectivity index (χ4v) is 2.27. The minimum atomic E-state index is -0.111. The molecule has 2 aliphatic carbocycles. The Morgan fingerprint density at radius 2 is 2.07 bits per heavy atom. The van der Waals surface area contributed by atoms with Crippen molar-refractivity contribution in [2.75, 3.05) is 0 Å². The Bertz CT molecular complexity index is 363. The van der Waals surface area contributed by atoms with Crippen molar-refractivity contribution in [1.82, 2.24) is 0 Å². The zero-order chi connectivity index (χ0) is 10.3. The largest absolute Gasteiger partial charge is 0.295 e. The Labute approximate surface area is 83.7 Å². The minimum absolute atomic E-state index is 0.00634. The van der Waals surface area contributed by atoms with Crippen molar-refractivity contribution >= 4 is 11.6 Å². The van der Waals surface area contributed by atoms with Gasteiger partial charge in [-0.15, -0.1) is 0 Å². The molecule has 2 rings (SSSR count). The summed E-state index contributed by atoms with van der Waals surface area (Å²) in [6, 6.07) is 0.